The van der Waals surface area contributed by atoms with Crippen molar-refractivity contribution in [3.05, 3.63) is 80.8 Å². The monoisotopic (exact) mass is 483 g/mol. The fourth-order valence-electron chi connectivity index (χ4n) is 3.38. The Morgan fingerprint density at radius 3 is 2.30 bits per heavy atom. The van der Waals surface area contributed by atoms with Gasteiger partial charge in [-0.1, -0.05) is 53.5 Å². The van der Waals surface area contributed by atoms with Crippen molar-refractivity contribution < 1.29 is 19.2 Å². The first-order valence-electron chi connectivity index (χ1n) is 9.56. The molecule has 0 bridgehead atoms. The van der Waals surface area contributed by atoms with Crippen molar-refractivity contribution in [3.8, 4) is 39.5 Å². The lowest BCUT2D eigenvalue weighted by molar-refractivity contribution is -0.384. The van der Waals surface area contributed by atoms with Crippen LogP contribution in [0.25, 0.3) is 33.7 Å². The molecule has 0 aliphatic carbocycles. The molecule has 166 valence electrons. The van der Waals surface area contributed by atoms with Crippen molar-refractivity contribution in [2.45, 2.75) is 6.92 Å². The second-order valence-corrected chi connectivity index (χ2v) is 7.79. The first-order chi connectivity index (χ1) is 15.8. The highest BCUT2D eigenvalue weighted by Crippen LogP contribution is 2.45. The van der Waals surface area contributed by atoms with Crippen LogP contribution in [0.3, 0.4) is 0 Å². The van der Waals surface area contributed by atoms with Crippen molar-refractivity contribution in [2.24, 2.45) is 0 Å². The van der Waals surface area contributed by atoms with Crippen molar-refractivity contribution in [3.63, 3.8) is 0 Å². The number of phenolic OH excluding ortho intramolecular Hbond substituents is 1. The predicted octanol–water partition coefficient (Wildman–Crippen LogP) is 6.55. The maximum atomic E-state index is 11.6. The van der Waals surface area contributed by atoms with Gasteiger partial charge >= 0.3 is 6.01 Å². The summed E-state index contributed by atoms with van der Waals surface area (Å²) in [7, 11) is 0. The van der Waals surface area contributed by atoms with E-state index in [0.717, 1.165) is 6.07 Å². The number of amides is 1. The first-order valence-corrected chi connectivity index (χ1v) is 10.3. The molecule has 1 heterocycles. The molecular weight excluding hydrogens is 469 g/mol. The second-order valence-electron chi connectivity index (χ2n) is 6.98. The number of hydrogen-bond acceptors (Lipinski definition) is 6. The zero-order chi connectivity index (χ0) is 23.7. The van der Waals surface area contributed by atoms with Gasteiger partial charge in [-0.2, -0.15) is 4.98 Å². The van der Waals surface area contributed by atoms with Gasteiger partial charge in [0.05, 0.1) is 21.0 Å². The number of nitrogens with one attached hydrogen (secondary N) is 1. The number of non-ortho nitro benzene ring substituents is 1. The Hall–Kier alpha value is -3.88. The molecule has 4 rings (SSSR count). The third-order valence-corrected chi connectivity index (χ3v) is 5.39. The number of anilines is 1. The highest BCUT2D eigenvalue weighted by Gasteiger charge is 2.25. The molecule has 0 radical (unpaired) electrons. The quantitative estimate of drug-likeness (QED) is 0.245. The fourth-order valence-corrected chi connectivity index (χ4v) is 3.95. The number of oxazole rings is 1. The highest BCUT2D eigenvalue weighted by molar-refractivity contribution is 6.39. The number of aromatic nitrogens is 1. The maximum absolute atomic E-state index is 11.6. The molecule has 10 heteroatoms. The van der Waals surface area contributed by atoms with Crippen LogP contribution in [-0.4, -0.2) is 20.9 Å². The summed E-state index contributed by atoms with van der Waals surface area (Å²) in [5, 5.41) is 24.7. The van der Waals surface area contributed by atoms with Crippen molar-refractivity contribution >= 4 is 40.8 Å². The number of carbonyl (C=O) groups is 1. The van der Waals surface area contributed by atoms with Crippen molar-refractivity contribution in [1.29, 1.82) is 0 Å². The van der Waals surface area contributed by atoms with E-state index in [1.165, 1.54) is 19.1 Å². The average molecular weight is 484 g/mol. The summed E-state index contributed by atoms with van der Waals surface area (Å²) in [6, 6.07) is 15.7. The number of benzene rings is 3. The molecule has 0 aliphatic rings. The van der Waals surface area contributed by atoms with Crippen LogP contribution in [-0.2, 0) is 4.79 Å². The predicted molar refractivity (Wildman–Crippen MR) is 125 cm³/mol. The smallest absolute Gasteiger partial charge is 0.302 e. The topological polar surface area (TPSA) is 118 Å². The van der Waals surface area contributed by atoms with E-state index in [2.05, 4.69) is 10.3 Å². The van der Waals surface area contributed by atoms with Crippen molar-refractivity contribution in [2.75, 3.05) is 5.32 Å². The number of nitro benzene ring substituents is 1. The van der Waals surface area contributed by atoms with Gasteiger partial charge in [0, 0.05) is 29.7 Å². The second kappa shape index (κ2) is 8.93. The van der Waals surface area contributed by atoms with Gasteiger partial charge in [0.25, 0.3) is 5.69 Å². The molecule has 2 N–H and O–H groups in total. The molecule has 1 aromatic heterocycles. The summed E-state index contributed by atoms with van der Waals surface area (Å²) in [4.78, 5) is 26.5. The third-order valence-electron chi connectivity index (χ3n) is 4.76. The molecule has 0 atom stereocenters. The third kappa shape index (κ3) is 4.39. The Morgan fingerprint density at radius 2 is 1.70 bits per heavy atom. The molecule has 1 amide bonds. The lowest BCUT2D eigenvalue weighted by Gasteiger charge is -2.11. The highest BCUT2D eigenvalue weighted by atomic mass is 35.5. The fraction of sp³-hybridized carbons (Fsp3) is 0.0435. The minimum absolute atomic E-state index is 0.0637. The van der Waals surface area contributed by atoms with E-state index < -0.39 is 4.92 Å². The minimum Gasteiger partial charge on any atom is -0.507 e. The number of hydrogen-bond donors (Lipinski definition) is 2. The van der Waals surface area contributed by atoms with Crippen LogP contribution >= 0.6 is 23.2 Å². The standard InChI is InChI=1S/C23H15Cl2N3O5/c1-12(29)26-23-27-21(20-17(24)7-4-8-18(20)25)22(33-23)16-6-3-2-5-14(16)15-10-9-13(28(31)32)11-19(15)30/h2-11,30H,1H3,(H,26,27,29). The zero-order valence-corrected chi connectivity index (χ0v) is 18.5. The molecule has 0 fully saturated rings. The van der Waals surface area contributed by atoms with E-state index >= 15 is 0 Å². The van der Waals surface area contributed by atoms with E-state index in [0.29, 0.717) is 32.3 Å². The molecule has 0 aliphatic heterocycles. The zero-order valence-electron chi connectivity index (χ0n) is 17.0. The summed E-state index contributed by atoms with van der Waals surface area (Å²) in [5.74, 6) is -0.432. The Balaban J connectivity index is 1.97. The first kappa shape index (κ1) is 22.3. The summed E-state index contributed by atoms with van der Waals surface area (Å²) in [6.07, 6.45) is 0. The van der Waals surface area contributed by atoms with Gasteiger partial charge in [-0.3, -0.25) is 20.2 Å². The lowest BCUT2D eigenvalue weighted by atomic mass is 9.95. The summed E-state index contributed by atoms with van der Waals surface area (Å²) < 4.78 is 5.89. The van der Waals surface area contributed by atoms with Gasteiger partial charge < -0.3 is 9.52 Å². The molecule has 0 saturated heterocycles. The molecule has 3 aromatic carbocycles. The van der Waals surface area contributed by atoms with E-state index in [1.54, 1.807) is 42.5 Å². The van der Waals surface area contributed by atoms with Gasteiger partial charge in [-0.25, -0.2) is 0 Å². The van der Waals surface area contributed by atoms with Gasteiger partial charge in [0.15, 0.2) is 5.76 Å². The summed E-state index contributed by atoms with van der Waals surface area (Å²) >= 11 is 12.8. The molecule has 0 unspecified atom stereocenters. The molecule has 33 heavy (non-hydrogen) atoms. The number of aromatic hydroxyl groups is 1. The van der Waals surface area contributed by atoms with Crippen LogP contribution in [0.4, 0.5) is 11.7 Å². The normalized spacial score (nSPS) is 10.8. The van der Waals surface area contributed by atoms with Crippen LogP contribution < -0.4 is 5.32 Å². The number of nitro groups is 1. The minimum atomic E-state index is -0.594. The Morgan fingerprint density at radius 1 is 1.03 bits per heavy atom. The summed E-state index contributed by atoms with van der Waals surface area (Å²) in [5.41, 5.74) is 1.79. The molecule has 0 spiro atoms. The Labute approximate surface area is 197 Å². The van der Waals surface area contributed by atoms with Crippen LogP contribution in [0.15, 0.2) is 65.1 Å². The number of carbonyl (C=O) groups excluding carboxylic acids is 1. The number of halogens is 2. The van der Waals surface area contributed by atoms with Gasteiger partial charge in [0.1, 0.15) is 11.4 Å². The number of nitrogens with zero attached hydrogens (tertiary/aromatic N) is 2. The largest absolute Gasteiger partial charge is 0.507 e. The van der Waals surface area contributed by atoms with Gasteiger partial charge in [-0.05, 0) is 23.8 Å². The van der Waals surface area contributed by atoms with Crippen LogP contribution in [0, 0.1) is 10.1 Å². The van der Waals surface area contributed by atoms with Crippen molar-refractivity contribution in [1.82, 2.24) is 4.98 Å². The SMILES string of the molecule is CC(=O)Nc1nc(-c2c(Cl)cccc2Cl)c(-c2ccccc2-c2ccc([N+](=O)[O-])cc2O)o1. The lowest BCUT2D eigenvalue weighted by Crippen LogP contribution is -2.05. The molecule has 4 aromatic rings. The molecular formula is C23H15Cl2N3O5. The van der Waals surface area contributed by atoms with Gasteiger partial charge in [-0.15, -0.1) is 0 Å². The Kier molecular flexibility index (Phi) is 6.04. The molecule has 8 nitrogen and oxygen atoms in total. The average Bonchev–Trinajstić information content (AvgIpc) is 3.16. The maximum Gasteiger partial charge on any atom is 0.302 e. The van der Waals surface area contributed by atoms with Gasteiger partial charge in [0.2, 0.25) is 5.91 Å². The summed E-state index contributed by atoms with van der Waals surface area (Å²) in [6.45, 7) is 1.31. The van der Waals surface area contributed by atoms with Crippen LogP contribution in [0.5, 0.6) is 5.75 Å². The van der Waals surface area contributed by atoms with Crippen LogP contribution in [0.1, 0.15) is 6.92 Å². The Bertz CT molecular complexity index is 1380. The van der Waals surface area contributed by atoms with E-state index in [-0.39, 0.29) is 34.8 Å². The van der Waals surface area contributed by atoms with Crippen LogP contribution in [0.2, 0.25) is 10.0 Å². The molecule has 0 saturated carbocycles. The number of rotatable bonds is 5. The van der Waals surface area contributed by atoms with E-state index in [4.69, 9.17) is 27.6 Å². The van der Waals surface area contributed by atoms with E-state index in [9.17, 15) is 20.0 Å². The number of phenols is 1. The van der Waals surface area contributed by atoms with E-state index in [1.807, 2.05) is 0 Å².